The maximum Gasteiger partial charge on any atom is 0.293 e. The largest absolute Gasteiger partial charge is 0.490 e. The van der Waals surface area contributed by atoms with Crippen LogP contribution < -0.4 is 9.47 Å². The average molecular weight is 503 g/mol. The van der Waals surface area contributed by atoms with Gasteiger partial charge in [0.25, 0.3) is 11.1 Å². The molecule has 2 amide bonds. The molecule has 0 unspecified atom stereocenters. The SMILES string of the molecule is C=CCOc1c(I)cc(/C=C2/SC(=O)N(CCCOC)C2=O)cc1OCC. The Balaban J connectivity index is 2.26. The van der Waals surface area contributed by atoms with Gasteiger partial charge >= 0.3 is 0 Å². The van der Waals surface area contributed by atoms with Crippen LogP contribution in [0.4, 0.5) is 4.79 Å². The van der Waals surface area contributed by atoms with Crippen LogP contribution in [0.3, 0.4) is 0 Å². The molecule has 0 aromatic heterocycles. The molecule has 0 spiro atoms. The van der Waals surface area contributed by atoms with Crippen molar-refractivity contribution in [1.82, 2.24) is 4.90 Å². The molecule has 1 heterocycles. The normalized spacial score (nSPS) is 15.5. The first-order valence-corrected chi connectivity index (χ1v) is 10.4. The molecule has 1 aliphatic rings. The first kappa shape index (κ1) is 21.8. The Morgan fingerprint density at radius 2 is 2.07 bits per heavy atom. The quantitative estimate of drug-likeness (QED) is 0.205. The van der Waals surface area contributed by atoms with Gasteiger partial charge in [-0.05, 0) is 71.5 Å². The second-order valence-corrected chi connectivity index (χ2v) is 7.70. The van der Waals surface area contributed by atoms with E-state index in [0.717, 1.165) is 20.9 Å². The van der Waals surface area contributed by atoms with Crippen LogP contribution >= 0.6 is 34.4 Å². The molecular weight excluding hydrogens is 481 g/mol. The summed E-state index contributed by atoms with van der Waals surface area (Å²) >= 11 is 3.11. The third-order valence-corrected chi connectivity index (χ3v) is 5.29. The molecule has 6 nitrogen and oxygen atoms in total. The molecule has 0 N–H and O–H groups in total. The minimum atomic E-state index is -0.277. The van der Waals surface area contributed by atoms with Crippen LogP contribution in [0.2, 0.25) is 0 Å². The number of benzene rings is 1. The van der Waals surface area contributed by atoms with Gasteiger partial charge in [-0.15, -0.1) is 0 Å². The molecular formula is C19H22INO5S. The van der Waals surface area contributed by atoms with Crippen LogP contribution in [-0.2, 0) is 9.53 Å². The van der Waals surface area contributed by atoms with E-state index in [1.807, 2.05) is 19.1 Å². The Bertz CT molecular complexity index is 750. The molecule has 0 saturated carbocycles. The van der Waals surface area contributed by atoms with Gasteiger partial charge in [0.2, 0.25) is 0 Å². The molecule has 1 aliphatic heterocycles. The van der Waals surface area contributed by atoms with Gasteiger partial charge in [-0.2, -0.15) is 0 Å². The van der Waals surface area contributed by atoms with Gasteiger partial charge < -0.3 is 14.2 Å². The number of carbonyl (C=O) groups excluding carboxylic acids is 2. The van der Waals surface area contributed by atoms with E-state index in [-0.39, 0.29) is 11.1 Å². The fraction of sp³-hybridized carbons (Fsp3) is 0.368. The lowest BCUT2D eigenvalue weighted by Crippen LogP contribution is -2.29. The highest BCUT2D eigenvalue weighted by atomic mass is 127. The van der Waals surface area contributed by atoms with Gasteiger partial charge in [-0.3, -0.25) is 14.5 Å². The number of rotatable bonds is 10. The third-order valence-electron chi connectivity index (χ3n) is 3.58. The van der Waals surface area contributed by atoms with Crippen molar-refractivity contribution in [2.24, 2.45) is 0 Å². The van der Waals surface area contributed by atoms with Crippen LogP contribution in [0, 0.1) is 3.57 Å². The summed E-state index contributed by atoms with van der Waals surface area (Å²) in [5.41, 5.74) is 0.774. The lowest BCUT2D eigenvalue weighted by atomic mass is 10.2. The van der Waals surface area contributed by atoms with E-state index in [2.05, 4.69) is 29.2 Å². The molecule has 1 fully saturated rings. The number of methoxy groups -OCH3 is 1. The van der Waals surface area contributed by atoms with E-state index in [4.69, 9.17) is 14.2 Å². The van der Waals surface area contributed by atoms with Crippen molar-refractivity contribution in [2.45, 2.75) is 13.3 Å². The highest BCUT2D eigenvalue weighted by Gasteiger charge is 2.34. The van der Waals surface area contributed by atoms with Gasteiger partial charge in [0, 0.05) is 20.3 Å². The summed E-state index contributed by atoms with van der Waals surface area (Å²) < 4.78 is 17.2. The van der Waals surface area contributed by atoms with Crippen molar-refractivity contribution < 1.29 is 23.8 Å². The topological polar surface area (TPSA) is 65.1 Å². The smallest absolute Gasteiger partial charge is 0.293 e. The summed E-state index contributed by atoms with van der Waals surface area (Å²) in [6, 6.07) is 3.70. The highest BCUT2D eigenvalue weighted by molar-refractivity contribution is 14.1. The number of imide groups is 1. The number of amides is 2. The van der Waals surface area contributed by atoms with Crippen molar-refractivity contribution in [3.8, 4) is 11.5 Å². The van der Waals surface area contributed by atoms with Crippen LogP contribution in [0.15, 0.2) is 29.7 Å². The van der Waals surface area contributed by atoms with Gasteiger partial charge in [0.15, 0.2) is 11.5 Å². The first-order valence-electron chi connectivity index (χ1n) is 8.46. The summed E-state index contributed by atoms with van der Waals surface area (Å²) in [5, 5.41) is -0.256. The number of thioether (sulfide) groups is 1. The number of hydrogen-bond acceptors (Lipinski definition) is 6. The summed E-state index contributed by atoms with van der Waals surface area (Å²) in [6.45, 7) is 7.26. The molecule has 0 atom stereocenters. The molecule has 1 aromatic rings. The lowest BCUT2D eigenvalue weighted by Gasteiger charge is -2.14. The molecule has 146 valence electrons. The van der Waals surface area contributed by atoms with E-state index in [1.165, 1.54) is 4.90 Å². The van der Waals surface area contributed by atoms with Gasteiger partial charge in [0.05, 0.1) is 15.1 Å². The number of halogens is 1. The van der Waals surface area contributed by atoms with Gasteiger partial charge in [0.1, 0.15) is 6.61 Å². The Morgan fingerprint density at radius 3 is 2.74 bits per heavy atom. The van der Waals surface area contributed by atoms with E-state index < -0.39 is 0 Å². The second kappa shape index (κ2) is 10.7. The third kappa shape index (κ3) is 5.73. The summed E-state index contributed by atoms with van der Waals surface area (Å²) in [5.74, 6) is 0.958. The number of nitrogens with zero attached hydrogens (tertiary/aromatic N) is 1. The molecule has 1 aromatic carbocycles. The minimum Gasteiger partial charge on any atom is -0.490 e. The molecule has 8 heteroatoms. The number of carbonyl (C=O) groups is 2. The van der Waals surface area contributed by atoms with Crippen molar-refractivity contribution in [2.75, 3.05) is 33.5 Å². The van der Waals surface area contributed by atoms with Crippen LogP contribution in [-0.4, -0.2) is 49.5 Å². The molecule has 0 bridgehead atoms. The van der Waals surface area contributed by atoms with E-state index >= 15 is 0 Å². The second-order valence-electron chi connectivity index (χ2n) is 5.54. The van der Waals surface area contributed by atoms with E-state index in [0.29, 0.717) is 49.2 Å². The fourth-order valence-corrected chi connectivity index (χ4v) is 4.07. The zero-order chi connectivity index (χ0) is 19.8. The van der Waals surface area contributed by atoms with Crippen molar-refractivity contribution in [3.63, 3.8) is 0 Å². The Morgan fingerprint density at radius 1 is 1.30 bits per heavy atom. The van der Waals surface area contributed by atoms with Crippen molar-refractivity contribution in [3.05, 3.63) is 38.8 Å². The fourth-order valence-electron chi connectivity index (χ4n) is 2.43. The maximum absolute atomic E-state index is 12.5. The summed E-state index contributed by atoms with van der Waals surface area (Å²) in [4.78, 5) is 26.3. The molecule has 1 saturated heterocycles. The van der Waals surface area contributed by atoms with Crippen molar-refractivity contribution >= 4 is 51.6 Å². The maximum atomic E-state index is 12.5. The predicted molar refractivity (Wildman–Crippen MR) is 115 cm³/mol. The zero-order valence-corrected chi connectivity index (χ0v) is 18.3. The number of hydrogen-bond donors (Lipinski definition) is 0. The molecule has 0 aliphatic carbocycles. The molecule has 2 rings (SSSR count). The van der Waals surface area contributed by atoms with Crippen LogP contribution in [0.5, 0.6) is 11.5 Å². The van der Waals surface area contributed by atoms with Crippen LogP contribution in [0.1, 0.15) is 18.9 Å². The Hall–Kier alpha value is -1.52. The highest BCUT2D eigenvalue weighted by Crippen LogP contribution is 2.37. The minimum absolute atomic E-state index is 0.256. The Kier molecular flexibility index (Phi) is 8.65. The standard InChI is InChI=1S/C19H22INO5S/c1-4-8-26-17-14(20)10-13(11-15(17)25-5-2)12-16-18(22)21(19(23)27-16)7-6-9-24-3/h4,10-12H,1,5-9H2,2-3H3/b16-12+. The monoisotopic (exact) mass is 503 g/mol. The van der Waals surface area contributed by atoms with Gasteiger partial charge in [-0.1, -0.05) is 12.7 Å². The van der Waals surface area contributed by atoms with E-state index in [1.54, 1.807) is 19.3 Å². The lowest BCUT2D eigenvalue weighted by molar-refractivity contribution is -0.122. The first-order chi connectivity index (χ1) is 13.0. The van der Waals surface area contributed by atoms with E-state index in [9.17, 15) is 9.59 Å². The van der Waals surface area contributed by atoms with Crippen molar-refractivity contribution in [1.29, 1.82) is 0 Å². The number of ether oxygens (including phenoxy) is 3. The predicted octanol–water partition coefficient (Wildman–Crippen LogP) is 4.33. The molecule has 0 radical (unpaired) electrons. The summed E-state index contributed by atoms with van der Waals surface area (Å²) in [7, 11) is 1.59. The zero-order valence-electron chi connectivity index (χ0n) is 15.3. The average Bonchev–Trinajstić information content (AvgIpc) is 2.89. The molecule has 27 heavy (non-hydrogen) atoms. The summed E-state index contributed by atoms with van der Waals surface area (Å²) in [6.07, 6.45) is 3.99. The van der Waals surface area contributed by atoms with Gasteiger partial charge in [-0.25, -0.2) is 0 Å². The Labute approximate surface area is 177 Å². The van der Waals surface area contributed by atoms with Crippen LogP contribution in [0.25, 0.3) is 6.08 Å².